The summed E-state index contributed by atoms with van der Waals surface area (Å²) in [5.74, 6) is 0.256. The van der Waals surface area contributed by atoms with E-state index in [1.807, 2.05) is 60.7 Å². The first-order chi connectivity index (χ1) is 18.0. The molecule has 0 saturated heterocycles. The molecule has 1 N–H and O–H groups in total. The molecule has 0 bridgehead atoms. The Kier molecular flexibility index (Phi) is 8.23. The number of carbonyl (C=O) groups excluding carboxylic acids is 1. The van der Waals surface area contributed by atoms with Gasteiger partial charge in [-0.3, -0.25) is 14.9 Å². The lowest BCUT2D eigenvalue weighted by atomic mass is 9.91. The van der Waals surface area contributed by atoms with Gasteiger partial charge >= 0.3 is 0 Å². The fourth-order valence-corrected chi connectivity index (χ4v) is 3.78. The van der Waals surface area contributed by atoms with E-state index in [1.165, 1.54) is 25.5 Å². The number of methoxy groups -OCH3 is 1. The molecule has 4 aromatic carbocycles. The number of hydrogen-bond donors (Lipinski definition) is 1. The molecular formula is C29H25N3O5. The number of carbonyl (C=O) groups is 1. The standard InChI is InChI=1S/C29H25N3O5/c1-36-27-18-22(14-17-26(27)37-20-21-12-15-25(16-13-21)32(34)35)19-30-31-29(33)28(23-8-4-2-5-9-23)24-10-6-3-7-11-24/h2-19,28H,20H2,1H3,(H,31,33)/b30-19+. The maximum absolute atomic E-state index is 13.1. The van der Waals surface area contributed by atoms with Gasteiger partial charge in [0.05, 0.1) is 24.2 Å². The molecule has 0 spiro atoms. The first-order valence-electron chi connectivity index (χ1n) is 11.5. The van der Waals surface area contributed by atoms with Crippen molar-refractivity contribution in [2.45, 2.75) is 12.5 Å². The monoisotopic (exact) mass is 495 g/mol. The minimum Gasteiger partial charge on any atom is -0.493 e. The average molecular weight is 496 g/mol. The summed E-state index contributed by atoms with van der Waals surface area (Å²) in [5.41, 5.74) is 5.91. The first kappa shape index (κ1) is 25.1. The van der Waals surface area contributed by atoms with Crippen molar-refractivity contribution in [1.82, 2.24) is 5.43 Å². The minimum atomic E-state index is -0.496. The summed E-state index contributed by atoms with van der Waals surface area (Å²) in [7, 11) is 1.53. The SMILES string of the molecule is COc1cc(/C=N/NC(=O)C(c2ccccc2)c2ccccc2)ccc1OCc1ccc([N+](=O)[O-])cc1. The van der Waals surface area contributed by atoms with E-state index >= 15 is 0 Å². The molecule has 37 heavy (non-hydrogen) atoms. The minimum absolute atomic E-state index is 0.0240. The highest BCUT2D eigenvalue weighted by Crippen LogP contribution is 2.29. The van der Waals surface area contributed by atoms with Crippen LogP contribution in [0, 0.1) is 10.1 Å². The lowest BCUT2D eigenvalue weighted by Crippen LogP contribution is -2.26. The van der Waals surface area contributed by atoms with Crippen LogP contribution in [0.1, 0.15) is 28.2 Å². The summed E-state index contributed by atoms with van der Waals surface area (Å²) in [6, 6.07) is 30.5. The van der Waals surface area contributed by atoms with Crippen LogP contribution in [-0.2, 0) is 11.4 Å². The van der Waals surface area contributed by atoms with Crippen molar-refractivity contribution in [2.75, 3.05) is 7.11 Å². The van der Waals surface area contributed by atoms with Crippen LogP contribution in [0.15, 0.2) is 108 Å². The van der Waals surface area contributed by atoms with Crippen molar-refractivity contribution in [1.29, 1.82) is 0 Å². The molecule has 4 aromatic rings. The quantitative estimate of drug-likeness (QED) is 0.179. The molecule has 0 aliphatic rings. The fraction of sp³-hybridized carbons (Fsp3) is 0.103. The van der Waals surface area contributed by atoms with E-state index in [0.29, 0.717) is 17.1 Å². The molecule has 0 heterocycles. The summed E-state index contributed by atoms with van der Waals surface area (Å²) in [4.78, 5) is 23.4. The number of hydrogen-bond acceptors (Lipinski definition) is 6. The van der Waals surface area contributed by atoms with Crippen molar-refractivity contribution < 1.29 is 19.2 Å². The smallest absolute Gasteiger partial charge is 0.269 e. The van der Waals surface area contributed by atoms with E-state index in [0.717, 1.165) is 16.7 Å². The van der Waals surface area contributed by atoms with Crippen LogP contribution >= 0.6 is 0 Å². The largest absolute Gasteiger partial charge is 0.493 e. The highest BCUT2D eigenvalue weighted by molar-refractivity contribution is 5.88. The normalized spacial score (nSPS) is 10.9. The van der Waals surface area contributed by atoms with Gasteiger partial charge in [-0.2, -0.15) is 5.10 Å². The summed E-state index contributed by atoms with van der Waals surface area (Å²) in [6.45, 7) is 0.220. The van der Waals surface area contributed by atoms with E-state index in [-0.39, 0.29) is 18.2 Å². The van der Waals surface area contributed by atoms with Crippen LogP contribution in [0.5, 0.6) is 11.5 Å². The molecule has 8 nitrogen and oxygen atoms in total. The third-order valence-electron chi connectivity index (χ3n) is 5.65. The Morgan fingerprint density at radius 1 is 0.919 bits per heavy atom. The van der Waals surface area contributed by atoms with Crippen LogP contribution in [0.2, 0.25) is 0 Å². The van der Waals surface area contributed by atoms with E-state index in [4.69, 9.17) is 9.47 Å². The molecule has 8 heteroatoms. The molecule has 0 radical (unpaired) electrons. The Labute approximate surface area is 214 Å². The molecule has 0 aliphatic heterocycles. The van der Waals surface area contributed by atoms with E-state index < -0.39 is 10.8 Å². The van der Waals surface area contributed by atoms with Gasteiger partial charge < -0.3 is 9.47 Å². The number of ether oxygens (including phenoxy) is 2. The summed E-state index contributed by atoms with van der Waals surface area (Å²) in [6.07, 6.45) is 1.54. The molecule has 4 rings (SSSR count). The predicted octanol–water partition coefficient (Wildman–Crippen LogP) is 5.46. The number of amides is 1. The van der Waals surface area contributed by atoms with Crippen LogP contribution in [0.25, 0.3) is 0 Å². The number of benzene rings is 4. The van der Waals surface area contributed by atoms with Gasteiger partial charge in [0, 0.05) is 12.1 Å². The number of nitro benzene ring substituents is 1. The Balaban J connectivity index is 1.42. The Hall–Kier alpha value is -4.98. The number of nitro groups is 1. The Morgan fingerprint density at radius 2 is 1.54 bits per heavy atom. The van der Waals surface area contributed by atoms with Crippen LogP contribution in [-0.4, -0.2) is 24.2 Å². The molecule has 186 valence electrons. The van der Waals surface area contributed by atoms with Gasteiger partial charge in [0.1, 0.15) is 6.61 Å². The van der Waals surface area contributed by atoms with E-state index in [1.54, 1.807) is 30.3 Å². The molecule has 0 saturated carbocycles. The molecule has 0 fully saturated rings. The van der Waals surface area contributed by atoms with E-state index in [2.05, 4.69) is 10.5 Å². The van der Waals surface area contributed by atoms with Gasteiger partial charge in [-0.25, -0.2) is 5.43 Å². The van der Waals surface area contributed by atoms with Gasteiger partial charge in [0.25, 0.3) is 11.6 Å². The molecule has 1 amide bonds. The number of rotatable bonds is 10. The maximum atomic E-state index is 13.1. The maximum Gasteiger partial charge on any atom is 0.269 e. The number of hydrazone groups is 1. The summed E-state index contributed by atoms with van der Waals surface area (Å²) >= 11 is 0. The van der Waals surface area contributed by atoms with Crippen molar-refractivity contribution in [3.63, 3.8) is 0 Å². The zero-order chi connectivity index (χ0) is 26.0. The van der Waals surface area contributed by atoms with Gasteiger partial charge in [-0.1, -0.05) is 60.7 Å². The second-order valence-electron chi connectivity index (χ2n) is 8.11. The molecular weight excluding hydrogens is 470 g/mol. The van der Waals surface area contributed by atoms with Gasteiger partial charge in [-0.05, 0) is 52.6 Å². The summed E-state index contributed by atoms with van der Waals surface area (Å²) in [5, 5.41) is 15.0. The van der Waals surface area contributed by atoms with Crippen molar-refractivity contribution >= 4 is 17.8 Å². The third kappa shape index (κ3) is 6.58. The van der Waals surface area contributed by atoms with Crippen molar-refractivity contribution in [3.8, 4) is 11.5 Å². The van der Waals surface area contributed by atoms with Gasteiger partial charge in [-0.15, -0.1) is 0 Å². The van der Waals surface area contributed by atoms with Crippen LogP contribution in [0.4, 0.5) is 5.69 Å². The predicted molar refractivity (Wildman–Crippen MR) is 141 cm³/mol. The lowest BCUT2D eigenvalue weighted by Gasteiger charge is -2.16. The number of nitrogens with zero attached hydrogens (tertiary/aromatic N) is 2. The lowest BCUT2D eigenvalue weighted by molar-refractivity contribution is -0.384. The van der Waals surface area contributed by atoms with Crippen molar-refractivity contribution in [3.05, 3.63) is 135 Å². The molecule has 0 atom stereocenters. The zero-order valence-corrected chi connectivity index (χ0v) is 20.1. The Morgan fingerprint density at radius 3 is 2.11 bits per heavy atom. The van der Waals surface area contributed by atoms with Crippen LogP contribution in [0.3, 0.4) is 0 Å². The summed E-state index contributed by atoms with van der Waals surface area (Å²) < 4.78 is 11.3. The first-order valence-corrected chi connectivity index (χ1v) is 11.5. The zero-order valence-electron chi connectivity index (χ0n) is 20.1. The second-order valence-corrected chi connectivity index (χ2v) is 8.11. The van der Waals surface area contributed by atoms with Crippen LogP contribution < -0.4 is 14.9 Å². The highest BCUT2D eigenvalue weighted by atomic mass is 16.6. The fourth-order valence-electron chi connectivity index (χ4n) is 3.78. The molecule has 0 aliphatic carbocycles. The number of non-ortho nitro benzene ring substituents is 1. The number of nitrogens with one attached hydrogen (secondary N) is 1. The average Bonchev–Trinajstić information content (AvgIpc) is 2.93. The third-order valence-corrected chi connectivity index (χ3v) is 5.65. The molecule has 0 aromatic heterocycles. The highest BCUT2D eigenvalue weighted by Gasteiger charge is 2.22. The van der Waals surface area contributed by atoms with Gasteiger partial charge in [0.2, 0.25) is 0 Å². The topological polar surface area (TPSA) is 103 Å². The Bertz CT molecular complexity index is 1330. The van der Waals surface area contributed by atoms with Gasteiger partial charge in [0.15, 0.2) is 11.5 Å². The van der Waals surface area contributed by atoms with Crippen molar-refractivity contribution in [2.24, 2.45) is 5.10 Å². The van der Waals surface area contributed by atoms with E-state index in [9.17, 15) is 14.9 Å². The second kappa shape index (κ2) is 12.1. The molecule has 0 unspecified atom stereocenters.